The van der Waals surface area contributed by atoms with Crippen LogP contribution >= 0.6 is 23.2 Å². The molecule has 76 valence electrons. The third-order valence-corrected chi connectivity index (χ3v) is 2.42. The Kier molecular flexibility index (Phi) is 3.00. The minimum atomic E-state index is 0.128. The summed E-state index contributed by atoms with van der Waals surface area (Å²) in [6.45, 7) is 3.54. The molecule has 1 aliphatic rings. The van der Waals surface area contributed by atoms with E-state index < -0.39 is 0 Å². The second kappa shape index (κ2) is 4.25. The molecule has 0 spiro atoms. The lowest BCUT2D eigenvalue weighted by atomic mass is 10.4. The van der Waals surface area contributed by atoms with Gasteiger partial charge in [0.15, 0.2) is 11.0 Å². The molecule has 14 heavy (non-hydrogen) atoms. The summed E-state index contributed by atoms with van der Waals surface area (Å²) in [6.07, 6.45) is 0. The zero-order chi connectivity index (χ0) is 9.97. The average molecular weight is 234 g/mol. The zero-order valence-electron chi connectivity index (χ0n) is 7.37. The molecule has 0 radical (unpaired) electrons. The monoisotopic (exact) mass is 233 g/mol. The minimum Gasteiger partial charge on any atom is -0.351 e. The molecule has 1 saturated heterocycles. The Hall–Kier alpha value is -0.650. The summed E-state index contributed by atoms with van der Waals surface area (Å²) in [4.78, 5) is 6.10. The van der Waals surface area contributed by atoms with E-state index in [2.05, 4.69) is 20.5 Å². The summed E-state index contributed by atoms with van der Waals surface area (Å²) < 4.78 is 0. The highest BCUT2D eigenvalue weighted by molar-refractivity contribution is 6.32. The number of nitrogens with zero attached hydrogens (tertiary/aromatic N) is 4. The summed E-state index contributed by atoms with van der Waals surface area (Å²) in [5.74, 6) is 0.619. The number of rotatable bonds is 1. The molecule has 0 aromatic carbocycles. The summed E-state index contributed by atoms with van der Waals surface area (Å²) in [7, 11) is 0. The van der Waals surface area contributed by atoms with Gasteiger partial charge in [-0.2, -0.15) is 4.98 Å². The van der Waals surface area contributed by atoms with E-state index in [0.29, 0.717) is 11.0 Å². The molecular formula is C7H9Cl2N5. The Morgan fingerprint density at radius 2 is 1.86 bits per heavy atom. The fourth-order valence-electron chi connectivity index (χ4n) is 1.36. The van der Waals surface area contributed by atoms with Crippen molar-refractivity contribution in [2.45, 2.75) is 0 Å². The molecule has 1 N–H and O–H groups in total. The van der Waals surface area contributed by atoms with Gasteiger partial charge >= 0.3 is 0 Å². The molecule has 1 aromatic heterocycles. The number of piperazine rings is 1. The summed E-state index contributed by atoms with van der Waals surface area (Å²) in [6, 6.07) is 0. The van der Waals surface area contributed by atoms with Gasteiger partial charge in [-0.05, 0) is 11.6 Å². The van der Waals surface area contributed by atoms with Gasteiger partial charge in [-0.25, -0.2) is 0 Å². The van der Waals surface area contributed by atoms with Crippen LogP contribution in [0.15, 0.2) is 0 Å². The number of nitrogens with one attached hydrogen (secondary N) is 1. The van der Waals surface area contributed by atoms with Crippen LogP contribution in [0.1, 0.15) is 0 Å². The highest BCUT2D eigenvalue weighted by atomic mass is 35.5. The van der Waals surface area contributed by atoms with Crippen LogP contribution in [0, 0.1) is 0 Å². The van der Waals surface area contributed by atoms with E-state index in [0.717, 1.165) is 26.2 Å². The van der Waals surface area contributed by atoms with Crippen molar-refractivity contribution in [1.29, 1.82) is 0 Å². The molecular weight excluding hydrogens is 225 g/mol. The van der Waals surface area contributed by atoms with E-state index in [1.165, 1.54) is 0 Å². The molecule has 5 nitrogen and oxygen atoms in total. The van der Waals surface area contributed by atoms with Crippen LogP contribution < -0.4 is 10.2 Å². The van der Waals surface area contributed by atoms with Gasteiger partial charge in [0.25, 0.3) is 0 Å². The van der Waals surface area contributed by atoms with Gasteiger partial charge in [0.05, 0.1) is 0 Å². The van der Waals surface area contributed by atoms with Crippen molar-refractivity contribution in [1.82, 2.24) is 20.5 Å². The molecule has 1 aromatic rings. The molecule has 0 unspecified atom stereocenters. The first kappa shape index (κ1) is 9.89. The van der Waals surface area contributed by atoms with Crippen LogP contribution in [0.5, 0.6) is 0 Å². The maximum Gasteiger partial charge on any atom is 0.245 e. The van der Waals surface area contributed by atoms with Gasteiger partial charge in [0.2, 0.25) is 5.28 Å². The van der Waals surface area contributed by atoms with Crippen molar-refractivity contribution < 1.29 is 0 Å². The van der Waals surface area contributed by atoms with Crippen LogP contribution in [0.4, 0.5) is 5.82 Å². The van der Waals surface area contributed by atoms with E-state index in [4.69, 9.17) is 23.2 Å². The Morgan fingerprint density at radius 3 is 2.57 bits per heavy atom. The van der Waals surface area contributed by atoms with E-state index in [1.807, 2.05) is 4.90 Å². The molecule has 0 amide bonds. The maximum atomic E-state index is 5.87. The molecule has 7 heteroatoms. The van der Waals surface area contributed by atoms with Crippen molar-refractivity contribution in [2.75, 3.05) is 31.1 Å². The first-order valence-corrected chi connectivity index (χ1v) is 5.04. The topological polar surface area (TPSA) is 53.9 Å². The standard InChI is InChI=1S/C7H9Cl2N5/c8-5-6(11-7(9)13-12-5)14-3-1-10-2-4-14/h10H,1-4H2. The first-order valence-electron chi connectivity index (χ1n) is 4.29. The number of anilines is 1. The zero-order valence-corrected chi connectivity index (χ0v) is 8.89. The van der Waals surface area contributed by atoms with Gasteiger partial charge in [-0.1, -0.05) is 11.6 Å². The number of aromatic nitrogens is 3. The fourth-order valence-corrected chi connectivity index (χ4v) is 1.68. The Bertz CT molecular complexity index is 326. The fraction of sp³-hybridized carbons (Fsp3) is 0.571. The van der Waals surface area contributed by atoms with Crippen molar-refractivity contribution in [3.05, 3.63) is 10.4 Å². The quantitative estimate of drug-likeness (QED) is 0.770. The molecule has 2 rings (SSSR count). The van der Waals surface area contributed by atoms with E-state index in [1.54, 1.807) is 0 Å². The van der Waals surface area contributed by atoms with Gasteiger partial charge < -0.3 is 10.2 Å². The van der Waals surface area contributed by atoms with Crippen LogP contribution in [0.2, 0.25) is 10.4 Å². The molecule has 0 bridgehead atoms. The SMILES string of the molecule is Clc1nnc(Cl)c(N2CCNCC2)n1. The highest BCUT2D eigenvalue weighted by Crippen LogP contribution is 2.21. The van der Waals surface area contributed by atoms with Crippen molar-refractivity contribution >= 4 is 29.0 Å². The predicted octanol–water partition coefficient (Wildman–Crippen LogP) is 0.588. The van der Waals surface area contributed by atoms with Crippen molar-refractivity contribution in [3.8, 4) is 0 Å². The molecule has 1 fully saturated rings. The average Bonchev–Trinajstić information content (AvgIpc) is 2.23. The van der Waals surface area contributed by atoms with Gasteiger partial charge in [-0.15, -0.1) is 10.2 Å². The van der Waals surface area contributed by atoms with Crippen LogP contribution in [-0.4, -0.2) is 41.4 Å². The molecule has 1 aliphatic heterocycles. The van der Waals surface area contributed by atoms with Crippen molar-refractivity contribution in [2.24, 2.45) is 0 Å². The Balaban J connectivity index is 2.24. The number of hydrogen-bond acceptors (Lipinski definition) is 5. The van der Waals surface area contributed by atoms with Crippen LogP contribution in [0.25, 0.3) is 0 Å². The van der Waals surface area contributed by atoms with Gasteiger partial charge in [0.1, 0.15) is 0 Å². The van der Waals surface area contributed by atoms with E-state index in [-0.39, 0.29) is 5.28 Å². The summed E-state index contributed by atoms with van der Waals surface area (Å²) >= 11 is 11.5. The maximum absolute atomic E-state index is 5.87. The van der Waals surface area contributed by atoms with Crippen LogP contribution in [0.3, 0.4) is 0 Å². The first-order chi connectivity index (χ1) is 6.77. The third-order valence-electron chi connectivity index (χ3n) is 2.02. The lowest BCUT2D eigenvalue weighted by Gasteiger charge is -2.28. The molecule has 2 heterocycles. The van der Waals surface area contributed by atoms with Gasteiger partial charge in [0, 0.05) is 26.2 Å². The Morgan fingerprint density at radius 1 is 1.14 bits per heavy atom. The Labute approximate surface area is 91.4 Å². The number of halogens is 2. The normalized spacial score (nSPS) is 17.1. The third kappa shape index (κ3) is 2.05. The molecule has 0 aliphatic carbocycles. The largest absolute Gasteiger partial charge is 0.351 e. The second-order valence-electron chi connectivity index (χ2n) is 2.93. The number of hydrogen-bond donors (Lipinski definition) is 1. The smallest absolute Gasteiger partial charge is 0.245 e. The molecule has 0 saturated carbocycles. The van der Waals surface area contributed by atoms with E-state index in [9.17, 15) is 0 Å². The lowest BCUT2D eigenvalue weighted by Crippen LogP contribution is -2.44. The van der Waals surface area contributed by atoms with Gasteiger partial charge in [-0.3, -0.25) is 0 Å². The van der Waals surface area contributed by atoms with E-state index >= 15 is 0 Å². The highest BCUT2D eigenvalue weighted by Gasteiger charge is 2.16. The van der Waals surface area contributed by atoms with Crippen molar-refractivity contribution in [3.63, 3.8) is 0 Å². The summed E-state index contributed by atoms with van der Waals surface area (Å²) in [5, 5.41) is 10.9. The second-order valence-corrected chi connectivity index (χ2v) is 3.63. The lowest BCUT2D eigenvalue weighted by molar-refractivity contribution is 0.583. The molecule has 0 atom stereocenters. The minimum absolute atomic E-state index is 0.128. The summed E-state index contributed by atoms with van der Waals surface area (Å²) in [5.41, 5.74) is 0. The predicted molar refractivity (Wildman–Crippen MR) is 54.9 cm³/mol. The van der Waals surface area contributed by atoms with Crippen LogP contribution in [-0.2, 0) is 0 Å².